The standard InChI is InChI=1S/C8H14F6N2/c9-7(10,11)4-1-2-6(16-15)3-5-8(12,13)14/h6,16H,1-5,15H2. The van der Waals surface area contributed by atoms with Crippen LogP contribution >= 0.6 is 0 Å². The van der Waals surface area contributed by atoms with Crippen molar-refractivity contribution in [2.45, 2.75) is 50.5 Å². The SMILES string of the molecule is NNC(CCCC(F)(F)F)CCC(F)(F)F. The lowest BCUT2D eigenvalue weighted by Crippen LogP contribution is -2.36. The Morgan fingerprint density at radius 2 is 1.38 bits per heavy atom. The first-order valence-electron chi connectivity index (χ1n) is 4.73. The predicted molar refractivity (Wildman–Crippen MR) is 46.3 cm³/mol. The summed E-state index contributed by atoms with van der Waals surface area (Å²) in [5, 5.41) is 0. The molecule has 0 aliphatic heterocycles. The summed E-state index contributed by atoms with van der Waals surface area (Å²) < 4.78 is 70.7. The van der Waals surface area contributed by atoms with Crippen LogP contribution in [0, 0.1) is 0 Å². The van der Waals surface area contributed by atoms with Crippen molar-refractivity contribution in [3.05, 3.63) is 0 Å². The molecule has 0 bridgehead atoms. The summed E-state index contributed by atoms with van der Waals surface area (Å²) in [6, 6.07) is -0.732. The molecular weight excluding hydrogens is 238 g/mol. The lowest BCUT2D eigenvalue weighted by Gasteiger charge is -2.17. The number of halogens is 6. The van der Waals surface area contributed by atoms with E-state index >= 15 is 0 Å². The smallest absolute Gasteiger partial charge is 0.271 e. The summed E-state index contributed by atoms with van der Waals surface area (Å²) in [7, 11) is 0. The third-order valence-corrected chi connectivity index (χ3v) is 2.02. The molecule has 0 heterocycles. The van der Waals surface area contributed by atoms with Gasteiger partial charge in [0.15, 0.2) is 0 Å². The molecule has 2 nitrogen and oxygen atoms in total. The number of hydrazine groups is 1. The summed E-state index contributed by atoms with van der Waals surface area (Å²) >= 11 is 0. The second kappa shape index (κ2) is 6.29. The minimum Gasteiger partial charge on any atom is -0.271 e. The average molecular weight is 252 g/mol. The van der Waals surface area contributed by atoms with Crippen LogP contribution in [0.25, 0.3) is 0 Å². The van der Waals surface area contributed by atoms with E-state index in [1.165, 1.54) is 0 Å². The van der Waals surface area contributed by atoms with Gasteiger partial charge in [0.05, 0.1) is 0 Å². The number of alkyl halides is 6. The van der Waals surface area contributed by atoms with Crippen molar-refractivity contribution < 1.29 is 26.3 Å². The van der Waals surface area contributed by atoms with Crippen LogP contribution in [0.4, 0.5) is 26.3 Å². The van der Waals surface area contributed by atoms with Gasteiger partial charge in [0.2, 0.25) is 0 Å². The molecule has 0 rings (SSSR count). The van der Waals surface area contributed by atoms with Crippen LogP contribution in [-0.2, 0) is 0 Å². The highest BCUT2D eigenvalue weighted by Crippen LogP contribution is 2.25. The Bertz CT molecular complexity index is 188. The van der Waals surface area contributed by atoms with Crippen LogP contribution in [-0.4, -0.2) is 18.4 Å². The van der Waals surface area contributed by atoms with E-state index in [1.807, 2.05) is 0 Å². The fourth-order valence-corrected chi connectivity index (χ4v) is 1.20. The maximum absolute atomic E-state index is 11.8. The van der Waals surface area contributed by atoms with Gasteiger partial charge in [-0.25, -0.2) is 0 Å². The summed E-state index contributed by atoms with van der Waals surface area (Å²) in [6.45, 7) is 0. The Balaban J connectivity index is 3.76. The number of nitrogens with one attached hydrogen (secondary N) is 1. The first-order chi connectivity index (χ1) is 7.14. The Morgan fingerprint density at radius 3 is 1.75 bits per heavy atom. The number of hydrogen-bond donors (Lipinski definition) is 2. The van der Waals surface area contributed by atoms with Gasteiger partial charge in [0, 0.05) is 18.9 Å². The monoisotopic (exact) mass is 252 g/mol. The molecule has 0 fully saturated rings. The normalized spacial score (nSPS) is 15.2. The van der Waals surface area contributed by atoms with E-state index < -0.39 is 31.2 Å². The molecule has 0 spiro atoms. The maximum Gasteiger partial charge on any atom is 0.389 e. The second-order valence-electron chi connectivity index (χ2n) is 3.52. The highest BCUT2D eigenvalue weighted by atomic mass is 19.4. The van der Waals surface area contributed by atoms with Gasteiger partial charge in [-0.15, -0.1) is 0 Å². The molecule has 98 valence electrons. The fraction of sp³-hybridized carbons (Fsp3) is 1.00. The number of rotatable bonds is 6. The zero-order valence-corrected chi connectivity index (χ0v) is 8.46. The van der Waals surface area contributed by atoms with Gasteiger partial charge in [0.1, 0.15) is 0 Å². The largest absolute Gasteiger partial charge is 0.389 e. The van der Waals surface area contributed by atoms with Gasteiger partial charge in [-0.1, -0.05) is 0 Å². The molecule has 3 N–H and O–H groups in total. The van der Waals surface area contributed by atoms with Crippen LogP contribution in [0.15, 0.2) is 0 Å². The molecule has 0 radical (unpaired) electrons. The third kappa shape index (κ3) is 10.0. The summed E-state index contributed by atoms with van der Waals surface area (Å²) in [4.78, 5) is 0. The van der Waals surface area contributed by atoms with Crippen molar-refractivity contribution in [3.63, 3.8) is 0 Å². The Morgan fingerprint density at radius 1 is 0.875 bits per heavy atom. The topological polar surface area (TPSA) is 38.0 Å². The van der Waals surface area contributed by atoms with E-state index in [4.69, 9.17) is 5.84 Å². The van der Waals surface area contributed by atoms with E-state index in [-0.39, 0.29) is 19.3 Å². The Labute approximate surface area is 89.1 Å². The molecule has 0 aromatic carbocycles. The lowest BCUT2D eigenvalue weighted by molar-refractivity contribution is -0.139. The molecular formula is C8H14F6N2. The van der Waals surface area contributed by atoms with E-state index in [1.54, 1.807) is 0 Å². The molecule has 0 saturated carbocycles. The summed E-state index contributed by atoms with van der Waals surface area (Å²) in [5.74, 6) is 4.95. The molecule has 1 atom stereocenters. The minimum absolute atomic E-state index is 0.0217. The number of nitrogens with two attached hydrogens (primary N) is 1. The predicted octanol–water partition coefficient (Wildman–Crippen LogP) is 2.89. The zero-order chi connectivity index (χ0) is 12.8. The van der Waals surface area contributed by atoms with E-state index in [0.717, 1.165) is 0 Å². The highest BCUT2D eigenvalue weighted by Gasteiger charge is 2.29. The molecule has 8 heteroatoms. The van der Waals surface area contributed by atoms with Crippen molar-refractivity contribution in [3.8, 4) is 0 Å². The zero-order valence-electron chi connectivity index (χ0n) is 8.46. The van der Waals surface area contributed by atoms with E-state index in [0.29, 0.717) is 0 Å². The van der Waals surface area contributed by atoms with Gasteiger partial charge in [-0.3, -0.25) is 11.3 Å². The van der Waals surface area contributed by atoms with Crippen molar-refractivity contribution >= 4 is 0 Å². The molecule has 0 saturated heterocycles. The van der Waals surface area contributed by atoms with Crippen molar-refractivity contribution in [2.75, 3.05) is 0 Å². The van der Waals surface area contributed by atoms with Gasteiger partial charge < -0.3 is 0 Å². The Kier molecular flexibility index (Phi) is 6.09. The van der Waals surface area contributed by atoms with Crippen molar-refractivity contribution in [1.29, 1.82) is 0 Å². The first kappa shape index (κ1) is 15.5. The van der Waals surface area contributed by atoms with E-state index in [2.05, 4.69) is 5.43 Å². The minimum atomic E-state index is -4.31. The molecule has 0 aromatic heterocycles. The van der Waals surface area contributed by atoms with Crippen LogP contribution in [0.5, 0.6) is 0 Å². The third-order valence-electron chi connectivity index (χ3n) is 2.02. The van der Waals surface area contributed by atoms with Gasteiger partial charge in [-0.2, -0.15) is 26.3 Å². The first-order valence-corrected chi connectivity index (χ1v) is 4.73. The van der Waals surface area contributed by atoms with Crippen LogP contribution in [0.3, 0.4) is 0 Å². The number of hydrogen-bond acceptors (Lipinski definition) is 2. The Hall–Kier alpha value is -0.500. The molecule has 0 amide bonds. The second-order valence-corrected chi connectivity index (χ2v) is 3.52. The molecule has 0 aliphatic rings. The van der Waals surface area contributed by atoms with Crippen LogP contribution in [0.2, 0.25) is 0 Å². The van der Waals surface area contributed by atoms with E-state index in [9.17, 15) is 26.3 Å². The van der Waals surface area contributed by atoms with Crippen molar-refractivity contribution in [1.82, 2.24) is 5.43 Å². The molecule has 1 unspecified atom stereocenters. The molecule has 0 aromatic rings. The quantitative estimate of drug-likeness (QED) is 0.433. The van der Waals surface area contributed by atoms with Gasteiger partial charge in [0.25, 0.3) is 0 Å². The fourth-order valence-electron chi connectivity index (χ4n) is 1.20. The maximum atomic E-state index is 11.8. The highest BCUT2D eigenvalue weighted by molar-refractivity contribution is 4.67. The molecule has 0 aliphatic carbocycles. The van der Waals surface area contributed by atoms with Gasteiger partial charge >= 0.3 is 12.4 Å². The van der Waals surface area contributed by atoms with Crippen molar-refractivity contribution in [2.24, 2.45) is 5.84 Å². The molecule has 16 heavy (non-hydrogen) atoms. The van der Waals surface area contributed by atoms with Gasteiger partial charge in [-0.05, 0) is 19.3 Å². The summed E-state index contributed by atoms with van der Waals surface area (Å²) in [5.41, 5.74) is 2.09. The summed E-state index contributed by atoms with van der Waals surface area (Å²) in [6.07, 6.45) is -11.2. The lowest BCUT2D eigenvalue weighted by atomic mass is 10.0. The van der Waals surface area contributed by atoms with Crippen LogP contribution in [0.1, 0.15) is 32.1 Å². The van der Waals surface area contributed by atoms with Crippen LogP contribution < -0.4 is 11.3 Å². The average Bonchev–Trinajstić information content (AvgIpc) is 2.07.